The first-order chi connectivity index (χ1) is 9.46. The molecule has 0 radical (unpaired) electrons. The van der Waals surface area contributed by atoms with Crippen LogP contribution in [0.1, 0.15) is 0 Å². The van der Waals surface area contributed by atoms with Crippen molar-refractivity contribution in [3.05, 3.63) is 30.3 Å². The number of para-hydroxylation sites is 1. The monoisotopic (exact) mass is 294 g/mol. The first-order valence-electron chi connectivity index (χ1n) is 6.41. The maximum Gasteiger partial charge on any atom is 0.214 e. The van der Waals surface area contributed by atoms with Gasteiger partial charge in [0, 0.05) is 5.75 Å². The molecule has 1 heterocycles. The second-order valence-corrected chi connectivity index (χ2v) is 6.63. The average molecular weight is 294 g/mol. The van der Waals surface area contributed by atoms with Crippen molar-refractivity contribution in [3.63, 3.8) is 0 Å². The highest BCUT2D eigenvalue weighted by molar-refractivity contribution is 7.99. The number of aliphatic hydroxyl groups excluding tert-OH is 1. The molecule has 1 aromatic carbocycles. The van der Waals surface area contributed by atoms with E-state index >= 15 is 0 Å². The van der Waals surface area contributed by atoms with Gasteiger partial charge in [0.2, 0.25) is 5.16 Å². The highest BCUT2D eigenvalue weighted by atomic mass is 32.2. The zero-order chi connectivity index (χ0) is 14.6. The number of hydrogen-bond acceptors (Lipinski definition) is 5. The summed E-state index contributed by atoms with van der Waals surface area (Å²) < 4.78 is 2.41. The van der Waals surface area contributed by atoms with Crippen LogP contribution >= 0.6 is 11.8 Å². The van der Waals surface area contributed by atoms with E-state index in [0.717, 1.165) is 10.2 Å². The second kappa shape index (κ2) is 6.34. The summed E-state index contributed by atoms with van der Waals surface area (Å²) in [6, 6.07) is 9.73. The van der Waals surface area contributed by atoms with E-state index in [1.54, 1.807) is 4.68 Å². The Bertz CT molecular complexity index is 537. The summed E-state index contributed by atoms with van der Waals surface area (Å²) in [4.78, 5) is 0. The van der Waals surface area contributed by atoms with Gasteiger partial charge in [-0.15, -0.1) is 5.10 Å². The molecule has 2 rings (SSSR count). The van der Waals surface area contributed by atoms with Crippen molar-refractivity contribution in [2.24, 2.45) is 0 Å². The fraction of sp³-hybridized carbons (Fsp3) is 0.462. The van der Waals surface area contributed by atoms with E-state index in [4.69, 9.17) is 0 Å². The van der Waals surface area contributed by atoms with Gasteiger partial charge in [0.1, 0.15) is 12.6 Å². The van der Waals surface area contributed by atoms with Gasteiger partial charge in [0.25, 0.3) is 0 Å². The van der Waals surface area contributed by atoms with Crippen LogP contribution in [0.4, 0.5) is 0 Å². The van der Waals surface area contributed by atoms with Crippen molar-refractivity contribution in [1.82, 2.24) is 20.2 Å². The van der Waals surface area contributed by atoms with Gasteiger partial charge in [-0.2, -0.15) is 4.68 Å². The number of likely N-dealkylation sites (N-methyl/N-ethyl adjacent to an activating group) is 1. The second-order valence-electron chi connectivity index (χ2n) is 5.65. The zero-order valence-corrected chi connectivity index (χ0v) is 12.8. The van der Waals surface area contributed by atoms with Crippen LogP contribution in [-0.4, -0.2) is 69.3 Å². The minimum atomic E-state index is -0.388. The van der Waals surface area contributed by atoms with Crippen molar-refractivity contribution in [2.75, 3.05) is 33.4 Å². The van der Waals surface area contributed by atoms with Gasteiger partial charge >= 0.3 is 0 Å². The molecule has 1 N–H and O–H groups in total. The molecule has 0 saturated carbocycles. The van der Waals surface area contributed by atoms with E-state index < -0.39 is 0 Å². The first-order valence-corrected chi connectivity index (χ1v) is 7.39. The van der Waals surface area contributed by atoms with Gasteiger partial charge in [0.05, 0.1) is 26.8 Å². The molecule has 0 spiro atoms. The molecule has 2 aromatic rings. The number of aliphatic hydroxyl groups is 1. The first kappa shape index (κ1) is 15.0. The molecule has 0 unspecified atom stereocenters. The molecule has 0 aliphatic heterocycles. The molecule has 0 saturated heterocycles. The molecule has 0 aliphatic carbocycles. The molecular formula is C13H20N5OS+. The Hall–Kier alpha value is -1.44. The standard InChI is InChI=1S/C13H20N5OS/c1-18(2,3)9-12(19)10-20-13-14-15-16-17(13)11-7-5-4-6-8-11/h4-8,12,19H,9-10H2,1-3H3/q+1/t12-/m1/s1. The minimum Gasteiger partial charge on any atom is -0.386 e. The van der Waals surface area contributed by atoms with Crippen LogP contribution in [0.5, 0.6) is 0 Å². The van der Waals surface area contributed by atoms with Crippen molar-refractivity contribution >= 4 is 11.8 Å². The molecule has 0 bridgehead atoms. The van der Waals surface area contributed by atoms with Crippen LogP contribution in [0.25, 0.3) is 5.69 Å². The molecule has 7 heteroatoms. The van der Waals surface area contributed by atoms with Crippen molar-refractivity contribution in [3.8, 4) is 5.69 Å². The number of rotatable bonds is 6. The number of hydrogen-bond donors (Lipinski definition) is 1. The van der Waals surface area contributed by atoms with E-state index in [0.29, 0.717) is 17.5 Å². The van der Waals surface area contributed by atoms with Crippen LogP contribution in [-0.2, 0) is 0 Å². The van der Waals surface area contributed by atoms with Crippen molar-refractivity contribution < 1.29 is 9.59 Å². The van der Waals surface area contributed by atoms with Gasteiger partial charge in [-0.1, -0.05) is 30.0 Å². The number of nitrogens with zero attached hydrogens (tertiary/aromatic N) is 5. The van der Waals surface area contributed by atoms with Gasteiger partial charge in [-0.05, 0) is 22.6 Å². The van der Waals surface area contributed by atoms with Crippen LogP contribution in [0.3, 0.4) is 0 Å². The highest BCUT2D eigenvalue weighted by Crippen LogP contribution is 2.19. The number of thioether (sulfide) groups is 1. The van der Waals surface area contributed by atoms with Gasteiger partial charge in [0.15, 0.2) is 0 Å². The summed E-state index contributed by atoms with van der Waals surface area (Å²) in [5.74, 6) is 0.572. The summed E-state index contributed by atoms with van der Waals surface area (Å²) >= 11 is 1.46. The fourth-order valence-electron chi connectivity index (χ4n) is 1.86. The molecule has 0 aliphatic rings. The lowest BCUT2D eigenvalue weighted by Gasteiger charge is -2.26. The molecule has 20 heavy (non-hydrogen) atoms. The third kappa shape index (κ3) is 4.29. The Morgan fingerprint density at radius 2 is 1.95 bits per heavy atom. The summed E-state index contributed by atoms with van der Waals surface area (Å²) in [7, 11) is 6.17. The van der Waals surface area contributed by atoms with Gasteiger partial charge in [-0.3, -0.25) is 0 Å². The Balaban J connectivity index is 2.00. The fourth-order valence-corrected chi connectivity index (χ4v) is 2.66. The summed E-state index contributed by atoms with van der Waals surface area (Å²) in [5.41, 5.74) is 0.918. The number of aromatic nitrogens is 4. The molecule has 1 atom stereocenters. The smallest absolute Gasteiger partial charge is 0.214 e. The van der Waals surface area contributed by atoms with Crippen LogP contribution in [0.2, 0.25) is 0 Å². The molecule has 0 amide bonds. The van der Waals surface area contributed by atoms with Crippen LogP contribution in [0, 0.1) is 0 Å². The molecular weight excluding hydrogens is 274 g/mol. The maximum absolute atomic E-state index is 10.0. The zero-order valence-electron chi connectivity index (χ0n) is 12.0. The Kier molecular flexibility index (Phi) is 4.74. The summed E-state index contributed by atoms with van der Waals surface area (Å²) in [6.45, 7) is 0.694. The number of quaternary nitrogens is 1. The third-order valence-corrected chi connectivity index (χ3v) is 3.67. The van der Waals surface area contributed by atoms with Crippen molar-refractivity contribution in [2.45, 2.75) is 11.3 Å². The Labute approximate surface area is 123 Å². The molecule has 6 nitrogen and oxygen atoms in total. The Morgan fingerprint density at radius 1 is 1.25 bits per heavy atom. The van der Waals surface area contributed by atoms with E-state index in [1.165, 1.54) is 11.8 Å². The van der Waals surface area contributed by atoms with E-state index in [9.17, 15) is 5.11 Å². The SMILES string of the molecule is C[N+](C)(C)C[C@@H](O)CSc1nnnn1-c1ccccc1. The molecule has 1 aromatic heterocycles. The highest BCUT2D eigenvalue weighted by Gasteiger charge is 2.17. The summed E-state index contributed by atoms with van der Waals surface area (Å²) in [5, 5.41) is 22.4. The molecule has 0 fully saturated rings. The average Bonchev–Trinajstić information content (AvgIpc) is 2.83. The molecule has 108 valence electrons. The van der Waals surface area contributed by atoms with Crippen LogP contribution in [0.15, 0.2) is 35.5 Å². The normalized spacial score (nSPS) is 13.4. The topological polar surface area (TPSA) is 63.8 Å². The lowest BCUT2D eigenvalue weighted by atomic mass is 10.3. The lowest BCUT2D eigenvalue weighted by molar-refractivity contribution is -0.873. The largest absolute Gasteiger partial charge is 0.386 e. The number of tetrazole rings is 1. The van der Waals surface area contributed by atoms with Crippen molar-refractivity contribution in [1.29, 1.82) is 0 Å². The third-order valence-electron chi connectivity index (χ3n) is 2.60. The van der Waals surface area contributed by atoms with E-state index in [2.05, 4.69) is 36.7 Å². The lowest BCUT2D eigenvalue weighted by Crippen LogP contribution is -2.42. The predicted molar refractivity (Wildman–Crippen MR) is 78.8 cm³/mol. The Morgan fingerprint density at radius 3 is 2.60 bits per heavy atom. The van der Waals surface area contributed by atoms with E-state index in [-0.39, 0.29) is 6.10 Å². The van der Waals surface area contributed by atoms with Gasteiger partial charge in [-0.25, -0.2) is 0 Å². The van der Waals surface area contributed by atoms with E-state index in [1.807, 2.05) is 30.3 Å². The van der Waals surface area contributed by atoms with Crippen LogP contribution < -0.4 is 0 Å². The quantitative estimate of drug-likeness (QED) is 0.631. The van der Waals surface area contributed by atoms with Gasteiger partial charge < -0.3 is 9.59 Å². The number of benzene rings is 1. The maximum atomic E-state index is 10.0. The predicted octanol–water partition coefficient (Wildman–Crippen LogP) is 0.821. The summed E-state index contributed by atoms with van der Waals surface area (Å²) in [6.07, 6.45) is -0.388. The minimum absolute atomic E-state index is 0.388.